The molecule has 0 aromatic heterocycles. The van der Waals surface area contributed by atoms with Gasteiger partial charge in [0.2, 0.25) is 0 Å². The summed E-state index contributed by atoms with van der Waals surface area (Å²) in [6.45, 7) is 11.3. The Labute approximate surface area is 139 Å². The van der Waals surface area contributed by atoms with E-state index in [1.165, 1.54) is 7.11 Å². The molecule has 0 unspecified atom stereocenters. The van der Waals surface area contributed by atoms with Crippen molar-refractivity contribution in [1.82, 2.24) is 10.2 Å². The van der Waals surface area contributed by atoms with Crippen LogP contribution in [0.5, 0.6) is 0 Å². The van der Waals surface area contributed by atoms with Gasteiger partial charge in [0.1, 0.15) is 11.6 Å². The van der Waals surface area contributed by atoms with Crippen molar-refractivity contribution in [1.29, 1.82) is 0 Å². The third-order valence-corrected chi connectivity index (χ3v) is 3.77. The van der Waals surface area contributed by atoms with Crippen LogP contribution in [-0.4, -0.2) is 54.8 Å². The Kier molecular flexibility index (Phi) is 7.32. The number of methoxy groups -OCH3 is 1. The number of rotatable bonds is 6. The first-order valence-electron chi connectivity index (χ1n) is 8.43. The van der Waals surface area contributed by atoms with E-state index >= 15 is 0 Å². The van der Waals surface area contributed by atoms with Crippen molar-refractivity contribution in [3.63, 3.8) is 0 Å². The minimum atomic E-state index is -0.519. The first kappa shape index (κ1) is 19.7. The van der Waals surface area contributed by atoms with Crippen molar-refractivity contribution >= 4 is 12.1 Å². The first-order valence-corrected chi connectivity index (χ1v) is 8.43. The standard InChI is InChI=1S/C17H32N2O4/c1-12(2)10-13(18-16(21)23-17(3,4)5)11-19-9-7-8-14(19)15(20)22-6/h12-14H,7-11H2,1-6H3,(H,18,21)/t13-,14+/m1/s1. The maximum atomic E-state index is 12.1. The molecule has 1 fully saturated rings. The summed E-state index contributed by atoms with van der Waals surface area (Å²) in [6.07, 6.45) is 2.22. The molecule has 1 heterocycles. The van der Waals surface area contributed by atoms with E-state index in [-0.39, 0.29) is 18.1 Å². The third kappa shape index (κ3) is 7.20. The smallest absolute Gasteiger partial charge is 0.407 e. The van der Waals surface area contributed by atoms with Gasteiger partial charge in [0, 0.05) is 12.6 Å². The molecule has 1 N–H and O–H groups in total. The van der Waals surface area contributed by atoms with Crippen LogP contribution < -0.4 is 5.32 Å². The number of nitrogens with zero attached hydrogens (tertiary/aromatic N) is 1. The molecule has 1 amide bonds. The Balaban J connectivity index is 2.67. The van der Waals surface area contributed by atoms with E-state index in [0.29, 0.717) is 12.5 Å². The molecule has 23 heavy (non-hydrogen) atoms. The van der Waals surface area contributed by atoms with Crippen LogP contribution in [0.3, 0.4) is 0 Å². The first-order chi connectivity index (χ1) is 10.6. The van der Waals surface area contributed by atoms with Crippen LogP contribution in [0.2, 0.25) is 0 Å². The maximum absolute atomic E-state index is 12.1. The number of amides is 1. The Morgan fingerprint density at radius 1 is 1.30 bits per heavy atom. The number of carbonyl (C=O) groups is 2. The largest absolute Gasteiger partial charge is 0.468 e. The van der Waals surface area contributed by atoms with Gasteiger partial charge < -0.3 is 14.8 Å². The van der Waals surface area contributed by atoms with E-state index in [1.54, 1.807) is 0 Å². The van der Waals surface area contributed by atoms with Crippen LogP contribution in [0.25, 0.3) is 0 Å². The monoisotopic (exact) mass is 328 g/mol. The van der Waals surface area contributed by atoms with Crippen molar-refractivity contribution in [3.8, 4) is 0 Å². The van der Waals surface area contributed by atoms with Gasteiger partial charge in [-0.2, -0.15) is 0 Å². The number of alkyl carbamates (subject to hydrolysis) is 1. The Morgan fingerprint density at radius 2 is 1.96 bits per heavy atom. The highest BCUT2D eigenvalue weighted by molar-refractivity contribution is 5.76. The molecule has 1 aliphatic rings. The molecule has 0 aromatic rings. The van der Waals surface area contributed by atoms with E-state index in [4.69, 9.17) is 9.47 Å². The van der Waals surface area contributed by atoms with Gasteiger partial charge in [0.15, 0.2) is 0 Å². The topological polar surface area (TPSA) is 67.9 Å². The van der Waals surface area contributed by atoms with E-state index < -0.39 is 11.7 Å². The van der Waals surface area contributed by atoms with E-state index in [9.17, 15) is 9.59 Å². The Bertz CT molecular complexity index is 404. The Hall–Kier alpha value is -1.30. The molecule has 0 aliphatic carbocycles. The second kappa shape index (κ2) is 8.52. The van der Waals surface area contributed by atoms with Gasteiger partial charge in [-0.1, -0.05) is 13.8 Å². The molecule has 6 heteroatoms. The fourth-order valence-electron chi connectivity index (χ4n) is 2.95. The molecule has 0 aromatic carbocycles. The zero-order valence-electron chi connectivity index (χ0n) is 15.3. The van der Waals surface area contributed by atoms with Crippen LogP contribution in [-0.2, 0) is 14.3 Å². The summed E-state index contributed by atoms with van der Waals surface area (Å²) in [5.74, 6) is 0.247. The number of hydrogen-bond donors (Lipinski definition) is 1. The molecule has 2 atom stereocenters. The molecule has 1 rings (SSSR count). The molecule has 6 nitrogen and oxygen atoms in total. The summed E-state index contributed by atoms with van der Waals surface area (Å²) in [5.41, 5.74) is -0.519. The normalized spacial score (nSPS) is 20.4. The number of ether oxygens (including phenoxy) is 2. The lowest BCUT2D eigenvalue weighted by molar-refractivity contribution is -0.145. The predicted molar refractivity (Wildman–Crippen MR) is 89.2 cm³/mol. The number of likely N-dealkylation sites (tertiary alicyclic amines) is 1. The van der Waals surface area contributed by atoms with Gasteiger partial charge in [-0.25, -0.2) is 4.79 Å². The van der Waals surface area contributed by atoms with Crippen molar-refractivity contribution in [2.45, 2.75) is 71.6 Å². The predicted octanol–water partition coefficient (Wildman–Crippen LogP) is 2.56. The number of esters is 1. The zero-order valence-corrected chi connectivity index (χ0v) is 15.3. The molecule has 1 saturated heterocycles. The zero-order chi connectivity index (χ0) is 17.6. The molecular formula is C17H32N2O4. The molecule has 0 saturated carbocycles. The summed E-state index contributed by atoms with van der Waals surface area (Å²) in [5, 5.41) is 2.95. The van der Waals surface area contributed by atoms with Gasteiger partial charge in [-0.05, 0) is 52.5 Å². The van der Waals surface area contributed by atoms with Crippen molar-refractivity contribution in [2.75, 3.05) is 20.2 Å². The van der Waals surface area contributed by atoms with Crippen LogP contribution >= 0.6 is 0 Å². The van der Waals surface area contributed by atoms with E-state index in [2.05, 4.69) is 24.1 Å². The lowest BCUT2D eigenvalue weighted by Crippen LogP contribution is -2.48. The minimum absolute atomic E-state index is 0.0462. The van der Waals surface area contributed by atoms with Gasteiger partial charge in [-0.15, -0.1) is 0 Å². The fraction of sp³-hybridized carbons (Fsp3) is 0.882. The van der Waals surface area contributed by atoms with Crippen LogP contribution in [0.15, 0.2) is 0 Å². The van der Waals surface area contributed by atoms with Crippen LogP contribution in [0.1, 0.15) is 53.9 Å². The average Bonchev–Trinajstić information content (AvgIpc) is 2.82. The highest BCUT2D eigenvalue weighted by Gasteiger charge is 2.33. The Morgan fingerprint density at radius 3 is 2.48 bits per heavy atom. The summed E-state index contributed by atoms with van der Waals surface area (Å²) in [7, 11) is 1.42. The summed E-state index contributed by atoms with van der Waals surface area (Å²) in [6, 6.07) is -0.245. The average molecular weight is 328 g/mol. The number of nitrogens with one attached hydrogen (secondary N) is 1. The van der Waals surface area contributed by atoms with Gasteiger partial charge in [0.25, 0.3) is 0 Å². The highest BCUT2D eigenvalue weighted by atomic mass is 16.6. The summed E-state index contributed by atoms with van der Waals surface area (Å²) in [4.78, 5) is 26.0. The van der Waals surface area contributed by atoms with Crippen molar-refractivity contribution in [2.24, 2.45) is 5.92 Å². The minimum Gasteiger partial charge on any atom is -0.468 e. The lowest BCUT2D eigenvalue weighted by atomic mass is 10.0. The molecule has 0 radical (unpaired) electrons. The van der Waals surface area contributed by atoms with Gasteiger partial charge in [0.05, 0.1) is 7.11 Å². The summed E-state index contributed by atoms with van der Waals surface area (Å²) >= 11 is 0. The molecule has 0 spiro atoms. The fourth-order valence-corrected chi connectivity index (χ4v) is 2.95. The second-order valence-electron chi connectivity index (χ2n) is 7.65. The molecule has 1 aliphatic heterocycles. The third-order valence-electron chi connectivity index (χ3n) is 3.77. The quantitative estimate of drug-likeness (QED) is 0.759. The van der Waals surface area contributed by atoms with Crippen molar-refractivity contribution in [3.05, 3.63) is 0 Å². The lowest BCUT2D eigenvalue weighted by Gasteiger charge is -2.30. The molecule has 0 bridgehead atoms. The molecular weight excluding hydrogens is 296 g/mol. The van der Waals surface area contributed by atoms with Gasteiger partial charge >= 0.3 is 12.1 Å². The van der Waals surface area contributed by atoms with Crippen LogP contribution in [0, 0.1) is 5.92 Å². The second-order valence-corrected chi connectivity index (χ2v) is 7.65. The maximum Gasteiger partial charge on any atom is 0.407 e. The van der Waals surface area contributed by atoms with E-state index in [0.717, 1.165) is 25.8 Å². The number of hydrogen-bond acceptors (Lipinski definition) is 5. The summed E-state index contributed by atoms with van der Waals surface area (Å²) < 4.78 is 10.2. The number of carbonyl (C=O) groups excluding carboxylic acids is 2. The highest BCUT2D eigenvalue weighted by Crippen LogP contribution is 2.20. The van der Waals surface area contributed by atoms with E-state index in [1.807, 2.05) is 20.8 Å². The van der Waals surface area contributed by atoms with Gasteiger partial charge in [-0.3, -0.25) is 9.69 Å². The van der Waals surface area contributed by atoms with Crippen molar-refractivity contribution < 1.29 is 19.1 Å². The SMILES string of the molecule is COC(=O)[C@@H]1CCCN1C[C@@H](CC(C)C)NC(=O)OC(C)(C)C. The van der Waals surface area contributed by atoms with Crippen LogP contribution in [0.4, 0.5) is 4.79 Å². The molecule has 134 valence electrons.